The summed E-state index contributed by atoms with van der Waals surface area (Å²) < 4.78 is 34.1. The summed E-state index contributed by atoms with van der Waals surface area (Å²) in [6.07, 6.45) is 40.4. The van der Waals surface area contributed by atoms with Crippen LogP contribution in [0.1, 0.15) is 194 Å². The maximum atomic E-state index is 12.8. The molecule has 0 aliphatic heterocycles. The van der Waals surface area contributed by atoms with Crippen molar-refractivity contribution in [2.45, 2.75) is 236 Å². The van der Waals surface area contributed by atoms with E-state index < -0.39 is 63.1 Å². The third kappa shape index (κ3) is 32.7. The molecule has 1 rings (SSSR count). The van der Waals surface area contributed by atoms with Gasteiger partial charge in [0.15, 0.2) is 0 Å². The zero-order valence-electron chi connectivity index (χ0n) is 39.8. The number of hydrogen-bond donors (Lipinski definition) is 6. The van der Waals surface area contributed by atoms with Gasteiger partial charge in [-0.2, -0.15) is 0 Å². The molecule has 13 heteroatoms. The molecule has 0 amide bonds. The van der Waals surface area contributed by atoms with E-state index in [0.717, 1.165) is 44.9 Å². The van der Waals surface area contributed by atoms with E-state index in [0.29, 0.717) is 13.0 Å². The van der Waals surface area contributed by atoms with Gasteiger partial charge in [-0.1, -0.05) is 184 Å². The van der Waals surface area contributed by atoms with Gasteiger partial charge >= 0.3 is 13.8 Å². The minimum Gasteiger partial charge on any atom is -0.457 e. The minimum atomic E-state index is -5.04. The molecule has 64 heavy (non-hydrogen) atoms. The highest BCUT2D eigenvalue weighted by Crippen LogP contribution is 2.47. The van der Waals surface area contributed by atoms with Crippen LogP contribution in [0.3, 0.4) is 0 Å². The average Bonchev–Trinajstić information content (AvgIpc) is 3.28. The first-order valence-electron chi connectivity index (χ1n) is 25.1. The first-order chi connectivity index (χ1) is 31.0. The van der Waals surface area contributed by atoms with Crippen molar-refractivity contribution in [1.82, 2.24) is 0 Å². The van der Waals surface area contributed by atoms with Crippen molar-refractivity contribution in [2.75, 3.05) is 19.8 Å². The van der Waals surface area contributed by atoms with Gasteiger partial charge in [0.1, 0.15) is 42.7 Å². The number of unbranched alkanes of at least 4 members (excludes halogenated alkanes) is 20. The number of rotatable bonds is 42. The van der Waals surface area contributed by atoms with Crippen LogP contribution in [0.2, 0.25) is 0 Å². The Kier molecular flexibility index (Phi) is 38.7. The Bertz CT molecular complexity index is 1290. The number of carbonyl (C=O) groups is 1. The largest absolute Gasteiger partial charge is 0.472 e. The van der Waals surface area contributed by atoms with Gasteiger partial charge in [-0.05, 0) is 64.2 Å². The smallest absolute Gasteiger partial charge is 0.457 e. The number of hydrogen-bond acceptors (Lipinski definition) is 11. The first-order valence-corrected chi connectivity index (χ1v) is 26.6. The lowest BCUT2D eigenvalue weighted by Crippen LogP contribution is -2.64. The van der Waals surface area contributed by atoms with Crippen LogP contribution in [-0.2, 0) is 27.9 Å². The number of phosphoric acid groups is 1. The van der Waals surface area contributed by atoms with Crippen molar-refractivity contribution < 1.29 is 58.3 Å². The molecular formula is C51H91O12P. The number of esters is 1. The summed E-state index contributed by atoms with van der Waals surface area (Å²) in [5.74, 6) is -0.557. The van der Waals surface area contributed by atoms with Crippen LogP contribution < -0.4 is 0 Å². The summed E-state index contributed by atoms with van der Waals surface area (Å²) in [7, 11) is -5.04. The molecule has 6 N–H and O–H groups in total. The van der Waals surface area contributed by atoms with Crippen molar-refractivity contribution in [3.05, 3.63) is 60.8 Å². The van der Waals surface area contributed by atoms with E-state index >= 15 is 0 Å². The van der Waals surface area contributed by atoms with Crippen LogP contribution in [0.15, 0.2) is 60.8 Å². The van der Waals surface area contributed by atoms with Gasteiger partial charge in [-0.25, -0.2) is 4.57 Å². The number of phosphoric ester groups is 1. The molecule has 0 saturated heterocycles. The second-order valence-corrected chi connectivity index (χ2v) is 18.7. The van der Waals surface area contributed by atoms with Crippen LogP contribution in [0.4, 0.5) is 0 Å². The molecule has 1 aliphatic carbocycles. The van der Waals surface area contributed by atoms with Crippen LogP contribution in [0, 0.1) is 0 Å². The summed E-state index contributed by atoms with van der Waals surface area (Å²) in [4.78, 5) is 23.1. The fourth-order valence-electron chi connectivity index (χ4n) is 7.42. The molecule has 0 heterocycles. The lowest BCUT2D eigenvalue weighted by molar-refractivity contribution is -0.220. The molecule has 12 nitrogen and oxygen atoms in total. The van der Waals surface area contributed by atoms with Gasteiger partial charge in [0, 0.05) is 13.0 Å². The van der Waals surface area contributed by atoms with Crippen LogP contribution in [-0.4, -0.2) is 98.9 Å². The van der Waals surface area contributed by atoms with E-state index in [4.69, 9.17) is 18.5 Å². The van der Waals surface area contributed by atoms with E-state index in [2.05, 4.69) is 62.5 Å². The Morgan fingerprint density at radius 2 is 0.922 bits per heavy atom. The minimum absolute atomic E-state index is 0.0634. The number of allylic oxidation sites excluding steroid dienone is 10. The normalized spacial score (nSPS) is 22.2. The Morgan fingerprint density at radius 3 is 1.41 bits per heavy atom. The summed E-state index contributed by atoms with van der Waals surface area (Å²) in [5.41, 5.74) is 0. The van der Waals surface area contributed by atoms with Gasteiger partial charge in [-0.15, -0.1) is 0 Å². The fourth-order valence-corrected chi connectivity index (χ4v) is 8.40. The Labute approximate surface area is 387 Å². The molecule has 0 bridgehead atoms. The quantitative estimate of drug-likeness (QED) is 0.0147. The molecule has 0 aromatic heterocycles. The van der Waals surface area contributed by atoms with Gasteiger partial charge in [0.2, 0.25) is 0 Å². The van der Waals surface area contributed by atoms with E-state index in [1.807, 2.05) is 12.2 Å². The third-order valence-electron chi connectivity index (χ3n) is 11.4. The average molecular weight is 927 g/mol. The van der Waals surface area contributed by atoms with Gasteiger partial charge < -0.3 is 39.9 Å². The summed E-state index contributed by atoms with van der Waals surface area (Å²) >= 11 is 0. The lowest BCUT2D eigenvalue weighted by atomic mass is 9.85. The third-order valence-corrected chi connectivity index (χ3v) is 12.4. The van der Waals surface area contributed by atoms with Crippen molar-refractivity contribution in [3.63, 3.8) is 0 Å². The molecule has 0 radical (unpaired) electrons. The molecular weight excluding hydrogens is 836 g/mol. The van der Waals surface area contributed by atoms with E-state index in [1.165, 1.54) is 122 Å². The zero-order valence-corrected chi connectivity index (χ0v) is 40.7. The van der Waals surface area contributed by atoms with Crippen LogP contribution >= 0.6 is 7.82 Å². The summed E-state index contributed by atoms with van der Waals surface area (Å²) in [5, 5.41) is 50.2. The predicted molar refractivity (Wildman–Crippen MR) is 258 cm³/mol. The second kappa shape index (κ2) is 41.2. The molecule has 0 aromatic rings. The van der Waals surface area contributed by atoms with Crippen LogP contribution in [0.5, 0.6) is 0 Å². The molecule has 0 spiro atoms. The Balaban J connectivity index is 2.32. The SMILES string of the molecule is CC/C=C\C/C=C\C/C=C\C/C=C\CCC(=O)OC(COCCCCCCCCCCCCCC/C=C\CCCCCCCCCC)COP(=O)(O)OC1C(O)C(O)C(O)C(O)C1O. The Morgan fingerprint density at radius 1 is 0.516 bits per heavy atom. The maximum Gasteiger partial charge on any atom is 0.472 e. The van der Waals surface area contributed by atoms with Crippen molar-refractivity contribution in [3.8, 4) is 0 Å². The maximum absolute atomic E-state index is 12.8. The molecule has 1 fully saturated rings. The fraction of sp³-hybridized carbons (Fsp3) is 0.784. The summed E-state index contributed by atoms with van der Waals surface area (Å²) in [6.45, 7) is 4.07. The van der Waals surface area contributed by atoms with Crippen LogP contribution in [0.25, 0.3) is 0 Å². The van der Waals surface area contributed by atoms with Gasteiger partial charge in [0.05, 0.1) is 13.2 Å². The van der Waals surface area contributed by atoms with Crippen molar-refractivity contribution in [2.24, 2.45) is 0 Å². The number of carbonyl (C=O) groups excluding carboxylic acids is 1. The van der Waals surface area contributed by atoms with Crippen molar-refractivity contribution >= 4 is 13.8 Å². The molecule has 0 aromatic carbocycles. The molecule has 1 aliphatic rings. The van der Waals surface area contributed by atoms with E-state index in [1.54, 1.807) is 0 Å². The standard InChI is InChI=1S/C51H91O12P/c1-3-5-7-9-11-13-15-17-18-19-20-21-22-23-24-25-26-27-29-31-33-35-37-39-41-60-42-44(43-61-64(58,59)63-51-49(56)47(54)46(53)48(55)50(51)57)62-45(52)40-38-36-34-32-30-28-16-14-12-10-8-6-4-2/h6,8,12,14,19-20,28,30,34,36,44,46-51,53-57H,3-5,7,9-11,13,15-18,21-27,29,31-33,35,37-43H2,1-2H3,(H,58,59)/b8-6-,14-12-,20-19-,30-28-,36-34-. The highest BCUT2D eigenvalue weighted by atomic mass is 31.2. The monoisotopic (exact) mass is 927 g/mol. The second-order valence-electron chi connectivity index (χ2n) is 17.3. The predicted octanol–water partition coefficient (Wildman–Crippen LogP) is 11.0. The Hall–Kier alpha value is -1.96. The summed E-state index contributed by atoms with van der Waals surface area (Å²) in [6, 6.07) is 0. The topological polar surface area (TPSA) is 192 Å². The molecule has 372 valence electrons. The van der Waals surface area contributed by atoms with Crippen molar-refractivity contribution in [1.29, 1.82) is 0 Å². The van der Waals surface area contributed by atoms with Gasteiger partial charge in [0.25, 0.3) is 0 Å². The molecule has 6 unspecified atom stereocenters. The van der Waals surface area contributed by atoms with Gasteiger partial charge in [-0.3, -0.25) is 13.8 Å². The number of aliphatic hydroxyl groups excluding tert-OH is 5. The number of aliphatic hydroxyl groups is 5. The zero-order chi connectivity index (χ0) is 46.9. The van der Waals surface area contributed by atoms with E-state index in [-0.39, 0.29) is 13.0 Å². The molecule has 1 saturated carbocycles. The highest BCUT2D eigenvalue weighted by molar-refractivity contribution is 7.47. The lowest BCUT2D eigenvalue weighted by Gasteiger charge is -2.41. The van der Waals surface area contributed by atoms with E-state index in [9.17, 15) is 39.8 Å². The first kappa shape index (κ1) is 60.1. The molecule has 6 atom stereocenters. The highest BCUT2D eigenvalue weighted by Gasteiger charge is 2.51. The number of ether oxygens (including phenoxy) is 2.